The molecule has 2 saturated heterocycles. The fourth-order valence-electron chi connectivity index (χ4n) is 5.14. The third kappa shape index (κ3) is 13.9. The quantitative estimate of drug-likeness (QED) is 0.109. The molecule has 14 nitrogen and oxygen atoms in total. The third-order valence-corrected chi connectivity index (χ3v) is 9.57. The highest BCUT2D eigenvalue weighted by molar-refractivity contribution is 6.45. The maximum atomic E-state index is 12.4. The summed E-state index contributed by atoms with van der Waals surface area (Å²) >= 11 is 0. The second kappa shape index (κ2) is 19.7. The van der Waals surface area contributed by atoms with Crippen LogP contribution >= 0.6 is 0 Å². The lowest BCUT2D eigenvalue weighted by molar-refractivity contribution is 0.00578. The topological polar surface area (TPSA) is 152 Å². The zero-order chi connectivity index (χ0) is 43.1. The molecule has 319 valence electrons. The third-order valence-electron chi connectivity index (χ3n) is 9.57. The molecule has 0 bridgehead atoms. The van der Waals surface area contributed by atoms with Gasteiger partial charge in [0.1, 0.15) is 22.6 Å². The maximum Gasteiger partial charge on any atom is 0.488 e. The van der Waals surface area contributed by atoms with E-state index in [1.54, 1.807) is 65.9 Å². The molecule has 0 spiro atoms. The van der Waals surface area contributed by atoms with E-state index in [-0.39, 0.29) is 48.3 Å². The second-order valence-corrected chi connectivity index (χ2v) is 17.5. The minimum absolute atomic E-state index is 0. The predicted molar refractivity (Wildman–Crippen MR) is 221 cm³/mol. The summed E-state index contributed by atoms with van der Waals surface area (Å²) in [5.41, 5.74) is -0.618. The Morgan fingerprint density at radius 2 is 1.11 bits per heavy atom. The molecule has 0 amide bonds. The normalized spacial score (nSPS) is 17.3. The predicted octanol–water partition coefficient (Wildman–Crippen LogP) is 8.63. The Kier molecular flexibility index (Phi) is 17.7. The highest BCUT2D eigenvalue weighted by Gasteiger charge is 2.50. The molecule has 0 aromatic carbocycles. The van der Waals surface area contributed by atoms with E-state index < -0.39 is 35.3 Å². The molecule has 0 N–H and O–H groups in total. The van der Waals surface area contributed by atoms with E-state index in [0.29, 0.717) is 24.7 Å². The molecule has 0 unspecified atom stereocenters. The Hall–Kier alpha value is -3.85. The number of hydrogen-bond donors (Lipinski definition) is 0. The fourth-order valence-corrected chi connectivity index (χ4v) is 5.14. The van der Waals surface area contributed by atoms with Gasteiger partial charge in [0.05, 0.1) is 36.6 Å². The van der Waals surface area contributed by atoms with Gasteiger partial charge < -0.3 is 37.6 Å². The zero-order valence-electron chi connectivity index (χ0n) is 36.4. The summed E-state index contributed by atoms with van der Waals surface area (Å²) in [6, 6.07) is 3.43. The zero-order valence-corrected chi connectivity index (χ0v) is 36.4. The van der Waals surface area contributed by atoms with E-state index in [2.05, 4.69) is 6.58 Å². The lowest BCUT2D eigenvalue weighted by atomic mass is 9.82. The molecule has 1 radical (unpaired) electrons. The molecular formula is C41H67B2N2O12. The largest absolute Gasteiger partial charge is 0.488 e. The van der Waals surface area contributed by atoms with Crippen LogP contribution in [0.4, 0.5) is 9.59 Å². The van der Waals surface area contributed by atoms with Gasteiger partial charge in [-0.2, -0.15) is 0 Å². The number of carbonyl (C=O) groups is 4. The average Bonchev–Trinajstić information content (AvgIpc) is 3.77. The van der Waals surface area contributed by atoms with Crippen molar-refractivity contribution >= 4 is 38.9 Å². The minimum Gasteiger partial charge on any atom is -0.464 e. The van der Waals surface area contributed by atoms with Crippen LogP contribution in [-0.4, -0.2) is 95.9 Å². The van der Waals surface area contributed by atoms with Gasteiger partial charge in [-0.1, -0.05) is 19.9 Å². The Bertz CT molecular complexity index is 1660. The van der Waals surface area contributed by atoms with E-state index in [0.717, 1.165) is 16.6 Å². The molecule has 0 saturated carbocycles. The monoisotopic (exact) mass is 801 g/mol. The fraction of sp³-hybridized carbons (Fsp3) is 0.659. The first kappa shape index (κ1) is 51.2. The van der Waals surface area contributed by atoms with E-state index in [9.17, 15) is 19.2 Å². The number of methoxy groups -OCH3 is 2. The van der Waals surface area contributed by atoms with Crippen molar-refractivity contribution < 1.29 is 56.7 Å². The minimum atomic E-state index is -0.661. The molecule has 0 aliphatic carbocycles. The first-order valence-corrected chi connectivity index (χ1v) is 18.7. The van der Waals surface area contributed by atoms with E-state index in [1.807, 2.05) is 55.4 Å². The van der Waals surface area contributed by atoms with Gasteiger partial charge in [0.2, 0.25) is 0 Å². The van der Waals surface area contributed by atoms with Crippen LogP contribution in [0.1, 0.15) is 143 Å². The molecule has 2 aromatic rings. The lowest BCUT2D eigenvalue weighted by Gasteiger charge is -2.32. The molecule has 4 rings (SSSR count). The lowest BCUT2D eigenvalue weighted by Crippen LogP contribution is -2.41. The molecule has 57 heavy (non-hydrogen) atoms. The molecule has 2 aromatic heterocycles. The summed E-state index contributed by atoms with van der Waals surface area (Å²) in [6.07, 6.45) is 5.97. The molecule has 16 heteroatoms. The van der Waals surface area contributed by atoms with Crippen molar-refractivity contribution in [3.63, 3.8) is 0 Å². The summed E-state index contributed by atoms with van der Waals surface area (Å²) in [7, 11) is 3.69. The summed E-state index contributed by atoms with van der Waals surface area (Å²) in [5, 5.41) is 0. The van der Waals surface area contributed by atoms with Crippen molar-refractivity contribution in [2.45, 2.75) is 164 Å². The van der Waals surface area contributed by atoms with E-state index >= 15 is 0 Å². The van der Waals surface area contributed by atoms with Gasteiger partial charge in [-0.3, -0.25) is 0 Å². The van der Waals surface area contributed by atoms with Gasteiger partial charge in [0.25, 0.3) is 0 Å². The number of aryl methyl sites for hydroxylation is 1. The van der Waals surface area contributed by atoms with Crippen LogP contribution in [0.2, 0.25) is 6.32 Å². The van der Waals surface area contributed by atoms with Crippen molar-refractivity contribution in [2.24, 2.45) is 0 Å². The molecular weight excluding hydrogens is 734 g/mol. The number of rotatable bonds is 8. The van der Waals surface area contributed by atoms with Gasteiger partial charge in [0, 0.05) is 12.4 Å². The van der Waals surface area contributed by atoms with Crippen molar-refractivity contribution in [3.05, 3.63) is 59.7 Å². The number of allylic oxidation sites excluding steroid dienone is 1. The average molecular weight is 802 g/mol. The van der Waals surface area contributed by atoms with Crippen molar-refractivity contribution in [1.82, 2.24) is 9.13 Å². The summed E-state index contributed by atoms with van der Waals surface area (Å²) in [6.45, 7) is 30.3. The van der Waals surface area contributed by atoms with Crippen LogP contribution in [-0.2, 0) is 50.4 Å². The van der Waals surface area contributed by atoms with Crippen LogP contribution in [0.3, 0.4) is 0 Å². The van der Waals surface area contributed by atoms with Gasteiger partial charge in [-0.25, -0.2) is 28.3 Å². The number of aromatic nitrogens is 2. The Morgan fingerprint density at radius 3 is 1.44 bits per heavy atom. The Labute approximate surface area is 341 Å². The van der Waals surface area contributed by atoms with Gasteiger partial charge in [-0.05, 0) is 139 Å². The first-order valence-electron chi connectivity index (χ1n) is 18.7. The molecule has 4 heterocycles. The standard InChI is InChI=1S/C20H32BNO6.C14H19NO4.C6H12BO2.CH4/c1-18(2,3)26-17(24)22-13-11-14(15(22)16(23)25-8)10-9-12-21-27-19(4,5)20(6,7)28-21;1-6-7-10-8-9-15(11(10)12(16)18-5)13(17)19-14(2,3)4;1-5(2)6(3,4)9-7-8-5;/h11,13H,9-10,12H2,1-8H3;6,8-9H,1,7H2,2-5H3;1-4H3;1H4. The van der Waals surface area contributed by atoms with Crippen LogP contribution in [0.5, 0.6) is 0 Å². The van der Waals surface area contributed by atoms with Crippen molar-refractivity contribution in [2.75, 3.05) is 14.2 Å². The first-order chi connectivity index (χ1) is 25.5. The molecule has 2 aliphatic heterocycles. The number of hydrogen-bond acceptors (Lipinski definition) is 12. The van der Waals surface area contributed by atoms with Crippen molar-refractivity contribution in [3.8, 4) is 0 Å². The molecule has 2 fully saturated rings. The Morgan fingerprint density at radius 1 is 0.719 bits per heavy atom. The van der Waals surface area contributed by atoms with Crippen LogP contribution in [0, 0.1) is 0 Å². The van der Waals surface area contributed by atoms with Crippen LogP contribution in [0.15, 0.2) is 37.2 Å². The number of ether oxygens (including phenoxy) is 4. The van der Waals surface area contributed by atoms with Gasteiger partial charge in [0.15, 0.2) is 0 Å². The van der Waals surface area contributed by atoms with E-state index in [1.165, 1.54) is 32.7 Å². The number of esters is 2. The highest BCUT2D eigenvalue weighted by atomic mass is 16.7. The summed E-state index contributed by atoms with van der Waals surface area (Å²) < 4.78 is 45.0. The maximum absolute atomic E-state index is 12.4. The van der Waals surface area contributed by atoms with Crippen LogP contribution in [0.25, 0.3) is 0 Å². The Balaban J connectivity index is 0.000000481. The molecule has 2 aliphatic rings. The SMILES string of the molecule is C.C=CCc1ccn(C(=O)OC(C)(C)C)c1C(=O)OC.CC1(C)O[B]OC1(C)C.COC(=O)c1c(CCCB2OC(C)(C)C(C)(C)O2)ccn1C(=O)OC(C)(C)C. The van der Waals surface area contributed by atoms with Gasteiger partial charge in [-0.15, -0.1) is 6.58 Å². The molecule has 0 atom stereocenters. The second-order valence-electron chi connectivity index (χ2n) is 17.5. The smallest absolute Gasteiger partial charge is 0.464 e. The van der Waals surface area contributed by atoms with Crippen molar-refractivity contribution in [1.29, 1.82) is 0 Å². The highest BCUT2D eigenvalue weighted by Crippen LogP contribution is 2.38. The number of nitrogens with zero attached hydrogens (tertiary/aromatic N) is 2. The van der Waals surface area contributed by atoms with Crippen LogP contribution < -0.4 is 0 Å². The summed E-state index contributed by atoms with van der Waals surface area (Å²) in [5.74, 6) is -1.14. The number of carbonyl (C=O) groups excluding carboxylic acids is 4. The summed E-state index contributed by atoms with van der Waals surface area (Å²) in [4.78, 5) is 48.5. The van der Waals surface area contributed by atoms with Gasteiger partial charge >= 0.3 is 38.9 Å². The van der Waals surface area contributed by atoms with E-state index in [4.69, 9.17) is 37.6 Å².